The molecule has 1 saturated heterocycles. The van der Waals surface area contributed by atoms with Crippen LogP contribution in [0.2, 0.25) is 0 Å². The van der Waals surface area contributed by atoms with Crippen molar-refractivity contribution >= 4 is 11.7 Å². The highest BCUT2D eigenvalue weighted by Crippen LogP contribution is 2.29. The van der Waals surface area contributed by atoms with E-state index in [1.54, 1.807) is 0 Å². The Morgan fingerprint density at radius 2 is 2.00 bits per heavy atom. The number of aromatic nitrogens is 1. The summed E-state index contributed by atoms with van der Waals surface area (Å²) in [7, 11) is 1.43. The molecule has 2 rings (SSSR count). The standard InChI is InChI=1S/C14H20FN3O2/c1-10(2)14(19)18-8-6-17(7-9-18)13-12(20-3)11(15)4-5-16-13/h4-5,10H,6-9H2,1-3H3. The molecule has 110 valence electrons. The molecule has 0 bridgehead atoms. The summed E-state index contributed by atoms with van der Waals surface area (Å²) in [6.45, 7) is 6.30. The average Bonchev–Trinajstić information content (AvgIpc) is 2.46. The first-order chi connectivity index (χ1) is 9.54. The van der Waals surface area contributed by atoms with Crippen molar-refractivity contribution in [2.24, 2.45) is 5.92 Å². The van der Waals surface area contributed by atoms with Crippen LogP contribution in [0, 0.1) is 11.7 Å². The lowest BCUT2D eigenvalue weighted by atomic mass is 10.1. The first-order valence-corrected chi connectivity index (χ1v) is 6.76. The van der Waals surface area contributed by atoms with E-state index in [1.807, 2.05) is 23.6 Å². The van der Waals surface area contributed by atoms with E-state index in [0.29, 0.717) is 32.0 Å². The number of hydrogen-bond acceptors (Lipinski definition) is 4. The largest absolute Gasteiger partial charge is 0.490 e. The van der Waals surface area contributed by atoms with Crippen molar-refractivity contribution in [2.75, 3.05) is 38.2 Å². The average molecular weight is 281 g/mol. The van der Waals surface area contributed by atoms with Crippen molar-refractivity contribution in [1.82, 2.24) is 9.88 Å². The molecule has 0 aromatic carbocycles. The number of hydrogen-bond donors (Lipinski definition) is 0. The Hall–Kier alpha value is -1.85. The van der Waals surface area contributed by atoms with E-state index in [1.165, 1.54) is 19.4 Å². The second-order valence-electron chi connectivity index (χ2n) is 5.12. The minimum absolute atomic E-state index is 0.00313. The molecule has 0 unspecified atom stereocenters. The number of anilines is 1. The number of rotatable bonds is 3. The van der Waals surface area contributed by atoms with Crippen molar-refractivity contribution in [2.45, 2.75) is 13.8 Å². The normalized spacial score (nSPS) is 15.7. The van der Waals surface area contributed by atoms with Gasteiger partial charge in [-0.1, -0.05) is 13.8 Å². The van der Waals surface area contributed by atoms with Gasteiger partial charge in [0.05, 0.1) is 7.11 Å². The molecule has 20 heavy (non-hydrogen) atoms. The van der Waals surface area contributed by atoms with E-state index >= 15 is 0 Å². The molecule has 0 radical (unpaired) electrons. The highest BCUT2D eigenvalue weighted by atomic mass is 19.1. The molecular formula is C14H20FN3O2. The minimum atomic E-state index is -0.418. The van der Waals surface area contributed by atoms with Crippen LogP contribution in [0.25, 0.3) is 0 Å². The quantitative estimate of drug-likeness (QED) is 0.843. The van der Waals surface area contributed by atoms with Gasteiger partial charge in [-0.25, -0.2) is 9.37 Å². The van der Waals surface area contributed by atoms with Gasteiger partial charge in [0.1, 0.15) is 0 Å². The number of pyridine rings is 1. The predicted octanol–water partition coefficient (Wildman–Crippen LogP) is 1.53. The molecule has 0 saturated carbocycles. The lowest BCUT2D eigenvalue weighted by Gasteiger charge is -2.36. The maximum absolute atomic E-state index is 13.7. The molecule has 0 atom stereocenters. The number of amides is 1. The second kappa shape index (κ2) is 6.07. The first-order valence-electron chi connectivity index (χ1n) is 6.76. The zero-order chi connectivity index (χ0) is 14.7. The zero-order valence-corrected chi connectivity index (χ0v) is 12.1. The predicted molar refractivity (Wildman–Crippen MR) is 74.4 cm³/mol. The van der Waals surface area contributed by atoms with Crippen molar-refractivity contribution < 1.29 is 13.9 Å². The summed E-state index contributed by atoms with van der Waals surface area (Å²) in [5.41, 5.74) is 0. The molecule has 1 aromatic rings. The molecule has 0 spiro atoms. The van der Waals surface area contributed by atoms with E-state index in [0.717, 1.165) is 0 Å². The Balaban J connectivity index is 2.08. The number of carbonyl (C=O) groups excluding carboxylic acids is 1. The first kappa shape index (κ1) is 14.6. The van der Waals surface area contributed by atoms with Crippen LogP contribution in [0.3, 0.4) is 0 Å². The number of carbonyl (C=O) groups is 1. The van der Waals surface area contributed by atoms with Gasteiger partial charge in [0, 0.05) is 38.3 Å². The molecule has 0 N–H and O–H groups in total. The second-order valence-corrected chi connectivity index (χ2v) is 5.12. The van der Waals surface area contributed by atoms with Gasteiger partial charge in [-0.05, 0) is 6.07 Å². The van der Waals surface area contributed by atoms with Gasteiger partial charge in [0.25, 0.3) is 0 Å². The Labute approximate surface area is 118 Å². The molecule has 2 heterocycles. The molecule has 1 fully saturated rings. The Morgan fingerprint density at radius 3 is 2.55 bits per heavy atom. The lowest BCUT2D eigenvalue weighted by Crippen LogP contribution is -2.50. The summed E-state index contributed by atoms with van der Waals surface area (Å²) in [6, 6.07) is 1.28. The van der Waals surface area contributed by atoms with E-state index in [2.05, 4.69) is 4.98 Å². The smallest absolute Gasteiger partial charge is 0.225 e. The number of nitrogens with zero attached hydrogens (tertiary/aromatic N) is 3. The van der Waals surface area contributed by atoms with Gasteiger partial charge < -0.3 is 14.5 Å². The Kier molecular flexibility index (Phi) is 4.42. The number of methoxy groups -OCH3 is 1. The third kappa shape index (κ3) is 2.84. The van der Waals surface area contributed by atoms with Crippen LogP contribution in [-0.4, -0.2) is 49.1 Å². The van der Waals surface area contributed by atoms with Crippen LogP contribution in [0.4, 0.5) is 10.2 Å². The number of halogens is 1. The summed E-state index contributed by atoms with van der Waals surface area (Å²) in [6.07, 6.45) is 1.43. The number of piperazine rings is 1. The molecule has 1 aliphatic heterocycles. The van der Waals surface area contributed by atoms with Gasteiger partial charge in [0.15, 0.2) is 17.4 Å². The fourth-order valence-corrected chi connectivity index (χ4v) is 2.33. The van der Waals surface area contributed by atoms with Crippen LogP contribution in [0.15, 0.2) is 12.3 Å². The molecule has 1 aromatic heterocycles. The third-order valence-corrected chi connectivity index (χ3v) is 3.43. The zero-order valence-electron chi connectivity index (χ0n) is 12.1. The SMILES string of the molecule is COc1c(F)ccnc1N1CCN(C(=O)C(C)C)CC1. The van der Waals surface area contributed by atoms with Crippen molar-refractivity contribution in [1.29, 1.82) is 0 Å². The highest BCUT2D eigenvalue weighted by Gasteiger charge is 2.25. The van der Waals surface area contributed by atoms with Gasteiger partial charge >= 0.3 is 0 Å². The van der Waals surface area contributed by atoms with Crippen LogP contribution >= 0.6 is 0 Å². The molecule has 1 aliphatic rings. The molecule has 1 amide bonds. The van der Waals surface area contributed by atoms with Crippen LogP contribution in [0.1, 0.15) is 13.8 Å². The van der Waals surface area contributed by atoms with Gasteiger partial charge in [0.2, 0.25) is 5.91 Å². The van der Waals surface area contributed by atoms with Gasteiger partial charge in [-0.2, -0.15) is 0 Å². The summed E-state index contributed by atoms with van der Waals surface area (Å²) in [5, 5.41) is 0. The maximum Gasteiger partial charge on any atom is 0.225 e. The molecule has 5 nitrogen and oxygen atoms in total. The summed E-state index contributed by atoms with van der Waals surface area (Å²) in [4.78, 5) is 19.9. The maximum atomic E-state index is 13.7. The summed E-state index contributed by atoms with van der Waals surface area (Å²) < 4.78 is 18.7. The summed E-state index contributed by atoms with van der Waals surface area (Å²) >= 11 is 0. The monoisotopic (exact) mass is 281 g/mol. The van der Waals surface area contributed by atoms with E-state index in [9.17, 15) is 9.18 Å². The lowest BCUT2D eigenvalue weighted by molar-refractivity contribution is -0.134. The van der Waals surface area contributed by atoms with Gasteiger partial charge in [-0.3, -0.25) is 4.79 Å². The van der Waals surface area contributed by atoms with Crippen LogP contribution in [-0.2, 0) is 4.79 Å². The minimum Gasteiger partial charge on any atom is -0.490 e. The molecule has 0 aliphatic carbocycles. The van der Waals surface area contributed by atoms with Gasteiger partial charge in [-0.15, -0.1) is 0 Å². The van der Waals surface area contributed by atoms with Crippen molar-refractivity contribution in [3.63, 3.8) is 0 Å². The Morgan fingerprint density at radius 1 is 1.35 bits per heavy atom. The van der Waals surface area contributed by atoms with Crippen LogP contribution < -0.4 is 9.64 Å². The molecular weight excluding hydrogens is 261 g/mol. The Bertz CT molecular complexity index is 485. The van der Waals surface area contributed by atoms with Crippen molar-refractivity contribution in [3.05, 3.63) is 18.1 Å². The third-order valence-electron chi connectivity index (χ3n) is 3.43. The van der Waals surface area contributed by atoms with E-state index in [4.69, 9.17) is 4.74 Å². The number of ether oxygens (including phenoxy) is 1. The topological polar surface area (TPSA) is 45.7 Å². The fraction of sp³-hybridized carbons (Fsp3) is 0.571. The highest BCUT2D eigenvalue weighted by molar-refractivity contribution is 5.78. The summed E-state index contributed by atoms with van der Waals surface area (Å²) in [5.74, 6) is 0.408. The fourth-order valence-electron chi connectivity index (χ4n) is 2.33. The van der Waals surface area contributed by atoms with Crippen LogP contribution in [0.5, 0.6) is 5.75 Å². The van der Waals surface area contributed by atoms with E-state index < -0.39 is 5.82 Å². The van der Waals surface area contributed by atoms with E-state index in [-0.39, 0.29) is 17.6 Å². The molecule has 6 heteroatoms. The van der Waals surface area contributed by atoms with Crippen molar-refractivity contribution in [3.8, 4) is 5.75 Å².